The highest BCUT2D eigenvalue weighted by Gasteiger charge is 2.22. The lowest BCUT2D eigenvalue weighted by atomic mass is 9.97. The Hall–Kier alpha value is -4.92. The molecule has 0 aliphatic rings. The van der Waals surface area contributed by atoms with Crippen LogP contribution in [-0.4, -0.2) is 4.57 Å². The van der Waals surface area contributed by atoms with Gasteiger partial charge in [-0.2, -0.15) is 0 Å². The van der Waals surface area contributed by atoms with Crippen LogP contribution in [0, 0.1) is 0 Å². The van der Waals surface area contributed by atoms with Gasteiger partial charge in [-0.15, -0.1) is 11.3 Å². The maximum atomic E-state index is 2.51. The van der Waals surface area contributed by atoms with Crippen molar-refractivity contribution < 1.29 is 0 Å². The van der Waals surface area contributed by atoms with Crippen molar-refractivity contribution in [3.05, 3.63) is 140 Å². The Morgan fingerprint density at radius 2 is 1.15 bits per heavy atom. The molecule has 0 N–H and O–H groups in total. The van der Waals surface area contributed by atoms with E-state index in [0.29, 0.717) is 0 Å². The number of rotatable bonds is 2. The summed E-state index contributed by atoms with van der Waals surface area (Å²) >= 11 is 1.91. The Balaban J connectivity index is 1.54. The lowest BCUT2D eigenvalue weighted by molar-refractivity contribution is 1.19. The molecule has 40 heavy (non-hydrogen) atoms. The van der Waals surface area contributed by atoms with Crippen molar-refractivity contribution in [1.29, 1.82) is 0 Å². The van der Waals surface area contributed by atoms with Crippen molar-refractivity contribution in [1.82, 2.24) is 4.57 Å². The molecule has 0 aliphatic carbocycles. The zero-order valence-electron chi connectivity index (χ0n) is 21.6. The predicted octanol–water partition coefficient (Wildman–Crippen LogP) is 11.1. The molecule has 2 heterocycles. The first kappa shape index (κ1) is 22.0. The van der Waals surface area contributed by atoms with E-state index >= 15 is 0 Å². The SMILES string of the molecule is c1ccc(-c2ccc3c(c2)c2c4ccccc4c4c5ccccc5sc4c2n3-c2ccc3ccccc3c2)cc1. The highest BCUT2D eigenvalue weighted by atomic mass is 32.1. The molecule has 186 valence electrons. The third kappa shape index (κ3) is 3.03. The quantitative estimate of drug-likeness (QED) is 0.211. The van der Waals surface area contributed by atoms with E-state index in [2.05, 4.69) is 144 Å². The van der Waals surface area contributed by atoms with Crippen LogP contribution in [0.1, 0.15) is 0 Å². The molecule has 2 aromatic heterocycles. The van der Waals surface area contributed by atoms with Crippen LogP contribution >= 0.6 is 11.3 Å². The van der Waals surface area contributed by atoms with Gasteiger partial charge in [0.15, 0.2) is 0 Å². The standard InChI is InChI=1S/C38H23NS/c1-2-10-24(11-3-1)27-19-21-33-32(23-27)35-29-14-6-7-15-30(29)36-31-16-8-9-17-34(31)40-38(36)37(35)39(33)28-20-18-25-12-4-5-13-26(25)22-28/h1-23H. The fourth-order valence-corrected chi connectivity index (χ4v) is 7.83. The number of aromatic nitrogens is 1. The van der Waals surface area contributed by atoms with E-state index in [4.69, 9.17) is 0 Å². The zero-order chi connectivity index (χ0) is 26.2. The summed E-state index contributed by atoms with van der Waals surface area (Å²) in [4.78, 5) is 0. The minimum Gasteiger partial charge on any atom is -0.308 e. The summed E-state index contributed by atoms with van der Waals surface area (Å²) in [6.45, 7) is 0. The molecular formula is C38H23NS. The molecule has 9 aromatic rings. The minimum absolute atomic E-state index is 1.19. The molecule has 1 nitrogen and oxygen atoms in total. The molecule has 0 saturated carbocycles. The van der Waals surface area contributed by atoms with Gasteiger partial charge in [-0.1, -0.05) is 109 Å². The van der Waals surface area contributed by atoms with Gasteiger partial charge in [0.05, 0.1) is 15.7 Å². The van der Waals surface area contributed by atoms with Crippen molar-refractivity contribution in [2.24, 2.45) is 0 Å². The van der Waals surface area contributed by atoms with E-state index in [0.717, 1.165) is 0 Å². The topological polar surface area (TPSA) is 4.93 Å². The number of fused-ring (bicyclic) bond motifs is 11. The number of nitrogens with zero attached hydrogens (tertiary/aromatic N) is 1. The maximum Gasteiger partial charge on any atom is 0.0726 e. The van der Waals surface area contributed by atoms with E-state index in [1.165, 1.54) is 80.3 Å². The Labute approximate surface area is 235 Å². The highest BCUT2D eigenvalue weighted by Crippen LogP contribution is 2.48. The first-order valence-corrected chi connectivity index (χ1v) is 14.5. The fraction of sp³-hybridized carbons (Fsp3) is 0. The molecule has 0 spiro atoms. The lowest BCUT2D eigenvalue weighted by Gasteiger charge is -2.11. The molecule has 0 amide bonds. The summed E-state index contributed by atoms with van der Waals surface area (Å²) in [6.07, 6.45) is 0. The minimum atomic E-state index is 1.19. The highest BCUT2D eigenvalue weighted by molar-refractivity contribution is 7.27. The van der Waals surface area contributed by atoms with Crippen LogP contribution in [-0.2, 0) is 0 Å². The number of thiophene rings is 1. The van der Waals surface area contributed by atoms with Crippen LogP contribution < -0.4 is 0 Å². The van der Waals surface area contributed by atoms with Crippen molar-refractivity contribution in [2.75, 3.05) is 0 Å². The average Bonchev–Trinajstić information content (AvgIpc) is 3.58. The molecule has 0 aliphatic heterocycles. The van der Waals surface area contributed by atoms with Crippen molar-refractivity contribution in [3.8, 4) is 16.8 Å². The molecule has 0 fully saturated rings. The summed E-state index contributed by atoms with van der Waals surface area (Å²) in [5, 5.41) is 10.5. The van der Waals surface area contributed by atoms with Crippen LogP contribution in [0.25, 0.3) is 80.3 Å². The van der Waals surface area contributed by atoms with Crippen molar-refractivity contribution in [3.63, 3.8) is 0 Å². The van der Waals surface area contributed by atoms with Crippen LogP contribution in [0.15, 0.2) is 140 Å². The van der Waals surface area contributed by atoms with Crippen molar-refractivity contribution >= 4 is 74.9 Å². The third-order valence-electron chi connectivity index (χ3n) is 8.34. The molecule has 2 heteroatoms. The van der Waals surface area contributed by atoms with Gasteiger partial charge in [0.25, 0.3) is 0 Å². The molecule has 0 radical (unpaired) electrons. The summed E-state index contributed by atoms with van der Waals surface area (Å²) in [7, 11) is 0. The van der Waals surface area contributed by atoms with Gasteiger partial charge >= 0.3 is 0 Å². The van der Waals surface area contributed by atoms with Gasteiger partial charge in [0, 0.05) is 31.9 Å². The van der Waals surface area contributed by atoms with Crippen LogP contribution in [0.4, 0.5) is 0 Å². The second-order valence-electron chi connectivity index (χ2n) is 10.5. The maximum absolute atomic E-state index is 2.51. The van der Waals surface area contributed by atoms with Crippen molar-refractivity contribution in [2.45, 2.75) is 0 Å². The lowest BCUT2D eigenvalue weighted by Crippen LogP contribution is -1.94. The van der Waals surface area contributed by atoms with E-state index < -0.39 is 0 Å². The van der Waals surface area contributed by atoms with E-state index in [1.807, 2.05) is 11.3 Å². The van der Waals surface area contributed by atoms with Gasteiger partial charge in [0.2, 0.25) is 0 Å². The normalized spacial score (nSPS) is 12.0. The second kappa shape index (κ2) is 8.29. The fourth-order valence-electron chi connectivity index (χ4n) is 6.57. The van der Waals surface area contributed by atoms with Gasteiger partial charge in [-0.25, -0.2) is 0 Å². The first-order chi connectivity index (χ1) is 19.8. The Morgan fingerprint density at radius 1 is 0.450 bits per heavy atom. The molecule has 0 atom stereocenters. The summed E-state index contributed by atoms with van der Waals surface area (Å²) in [5.74, 6) is 0. The molecule has 0 saturated heterocycles. The summed E-state index contributed by atoms with van der Waals surface area (Å²) in [5.41, 5.74) is 6.21. The number of hydrogen-bond acceptors (Lipinski definition) is 1. The van der Waals surface area contributed by atoms with Gasteiger partial charge in [-0.05, 0) is 63.0 Å². The molecular weight excluding hydrogens is 502 g/mol. The van der Waals surface area contributed by atoms with E-state index in [1.54, 1.807) is 0 Å². The monoisotopic (exact) mass is 525 g/mol. The van der Waals surface area contributed by atoms with Gasteiger partial charge in [-0.3, -0.25) is 0 Å². The van der Waals surface area contributed by atoms with Crippen LogP contribution in [0.5, 0.6) is 0 Å². The number of hydrogen-bond donors (Lipinski definition) is 0. The van der Waals surface area contributed by atoms with E-state index in [9.17, 15) is 0 Å². The molecule has 0 unspecified atom stereocenters. The third-order valence-corrected chi connectivity index (χ3v) is 9.52. The van der Waals surface area contributed by atoms with Crippen LogP contribution in [0.2, 0.25) is 0 Å². The zero-order valence-corrected chi connectivity index (χ0v) is 22.5. The first-order valence-electron chi connectivity index (χ1n) is 13.7. The summed E-state index contributed by atoms with van der Waals surface area (Å²) in [6, 6.07) is 51.1. The number of benzene rings is 7. The Kier molecular flexibility index (Phi) is 4.55. The van der Waals surface area contributed by atoms with Crippen LogP contribution in [0.3, 0.4) is 0 Å². The molecule has 0 bridgehead atoms. The largest absolute Gasteiger partial charge is 0.308 e. The molecule has 9 rings (SSSR count). The van der Waals surface area contributed by atoms with Gasteiger partial charge in [0.1, 0.15) is 0 Å². The Morgan fingerprint density at radius 3 is 2.00 bits per heavy atom. The van der Waals surface area contributed by atoms with E-state index in [-0.39, 0.29) is 0 Å². The summed E-state index contributed by atoms with van der Waals surface area (Å²) < 4.78 is 5.19. The Bertz CT molecular complexity index is 2420. The molecule has 7 aromatic carbocycles. The predicted molar refractivity (Wildman–Crippen MR) is 174 cm³/mol. The smallest absolute Gasteiger partial charge is 0.0726 e. The second-order valence-corrected chi connectivity index (χ2v) is 11.6. The van der Waals surface area contributed by atoms with Gasteiger partial charge < -0.3 is 4.57 Å². The average molecular weight is 526 g/mol.